The van der Waals surface area contributed by atoms with Crippen LogP contribution in [0.2, 0.25) is 0 Å². The van der Waals surface area contributed by atoms with Crippen molar-refractivity contribution in [1.82, 2.24) is 0 Å². The van der Waals surface area contributed by atoms with Gasteiger partial charge in [-0.2, -0.15) is 0 Å². The van der Waals surface area contributed by atoms with Crippen molar-refractivity contribution in [3.05, 3.63) is 54.6 Å². The number of ether oxygens (including phenoxy) is 1. The van der Waals surface area contributed by atoms with Crippen LogP contribution in [0.25, 0.3) is 11.1 Å². The molecule has 2 aromatic carbocycles. The van der Waals surface area contributed by atoms with Crippen LogP contribution in [0.4, 0.5) is 0 Å². The predicted octanol–water partition coefficient (Wildman–Crippen LogP) is 2.69. The smallest absolute Gasteiger partial charge is 0.119 e. The minimum Gasteiger partial charge on any atom is -0.492 e. The van der Waals surface area contributed by atoms with E-state index < -0.39 is 0 Å². The summed E-state index contributed by atoms with van der Waals surface area (Å²) in [5.74, 6) is 0.866. The van der Waals surface area contributed by atoms with E-state index in [1.807, 2.05) is 30.3 Å². The standard InChI is InChI=1S/C14H15NO/c15-10-11-16-14-8-6-13(7-9-14)12-4-2-1-3-5-12/h1-9H,10-11,15H2. The van der Waals surface area contributed by atoms with E-state index in [2.05, 4.69) is 24.3 Å². The molecular weight excluding hydrogens is 198 g/mol. The molecule has 0 aliphatic rings. The molecule has 0 heterocycles. The van der Waals surface area contributed by atoms with Crippen LogP contribution >= 0.6 is 0 Å². The number of hydrogen-bond acceptors (Lipinski definition) is 2. The number of rotatable bonds is 4. The van der Waals surface area contributed by atoms with Crippen LogP contribution in [-0.2, 0) is 0 Å². The van der Waals surface area contributed by atoms with Crippen molar-refractivity contribution < 1.29 is 4.74 Å². The maximum Gasteiger partial charge on any atom is 0.119 e. The summed E-state index contributed by atoms with van der Waals surface area (Å²) in [5.41, 5.74) is 7.78. The summed E-state index contributed by atoms with van der Waals surface area (Å²) in [7, 11) is 0. The van der Waals surface area contributed by atoms with Gasteiger partial charge in [0.1, 0.15) is 12.4 Å². The monoisotopic (exact) mass is 213 g/mol. The topological polar surface area (TPSA) is 35.2 Å². The van der Waals surface area contributed by atoms with E-state index in [1.54, 1.807) is 0 Å². The van der Waals surface area contributed by atoms with Gasteiger partial charge in [-0.25, -0.2) is 0 Å². The van der Waals surface area contributed by atoms with Crippen LogP contribution in [0.3, 0.4) is 0 Å². The first-order chi connectivity index (χ1) is 7.90. The van der Waals surface area contributed by atoms with Crippen LogP contribution in [0.15, 0.2) is 54.6 Å². The van der Waals surface area contributed by atoms with Gasteiger partial charge in [-0.3, -0.25) is 0 Å². The number of nitrogens with two attached hydrogens (primary N) is 1. The highest BCUT2D eigenvalue weighted by Gasteiger charge is 1.97. The molecule has 0 aromatic heterocycles. The molecule has 0 bridgehead atoms. The van der Waals surface area contributed by atoms with Gasteiger partial charge in [0, 0.05) is 6.54 Å². The third-order valence-corrected chi connectivity index (χ3v) is 2.35. The van der Waals surface area contributed by atoms with E-state index in [1.165, 1.54) is 11.1 Å². The van der Waals surface area contributed by atoms with E-state index in [0.717, 1.165) is 5.75 Å². The van der Waals surface area contributed by atoms with Crippen LogP contribution in [-0.4, -0.2) is 13.2 Å². The fourth-order valence-corrected chi connectivity index (χ4v) is 1.55. The average Bonchev–Trinajstić information content (AvgIpc) is 2.38. The Morgan fingerprint density at radius 2 is 1.44 bits per heavy atom. The summed E-state index contributed by atoms with van der Waals surface area (Å²) >= 11 is 0. The van der Waals surface area contributed by atoms with Crippen molar-refractivity contribution in [2.75, 3.05) is 13.2 Å². The molecule has 82 valence electrons. The quantitative estimate of drug-likeness (QED) is 0.847. The average molecular weight is 213 g/mol. The molecule has 0 amide bonds. The molecule has 0 saturated carbocycles. The zero-order chi connectivity index (χ0) is 11.2. The Kier molecular flexibility index (Phi) is 3.57. The van der Waals surface area contributed by atoms with Crippen LogP contribution in [0, 0.1) is 0 Å². The van der Waals surface area contributed by atoms with Gasteiger partial charge in [0.15, 0.2) is 0 Å². The first-order valence-corrected chi connectivity index (χ1v) is 5.38. The van der Waals surface area contributed by atoms with Gasteiger partial charge in [-0.05, 0) is 23.3 Å². The fraction of sp³-hybridized carbons (Fsp3) is 0.143. The van der Waals surface area contributed by atoms with Gasteiger partial charge in [0.05, 0.1) is 0 Å². The van der Waals surface area contributed by atoms with E-state index in [4.69, 9.17) is 10.5 Å². The molecule has 2 N–H and O–H groups in total. The number of benzene rings is 2. The van der Waals surface area contributed by atoms with Gasteiger partial charge in [-0.1, -0.05) is 42.5 Å². The molecule has 0 fully saturated rings. The molecule has 2 nitrogen and oxygen atoms in total. The lowest BCUT2D eigenvalue weighted by Crippen LogP contribution is -2.10. The Morgan fingerprint density at radius 3 is 2.06 bits per heavy atom. The highest BCUT2D eigenvalue weighted by atomic mass is 16.5. The molecule has 16 heavy (non-hydrogen) atoms. The fourth-order valence-electron chi connectivity index (χ4n) is 1.55. The van der Waals surface area contributed by atoms with Crippen molar-refractivity contribution in [2.24, 2.45) is 5.73 Å². The zero-order valence-corrected chi connectivity index (χ0v) is 9.10. The maximum absolute atomic E-state index is 5.42. The largest absolute Gasteiger partial charge is 0.492 e. The molecule has 0 spiro atoms. The maximum atomic E-state index is 5.42. The Bertz CT molecular complexity index is 422. The van der Waals surface area contributed by atoms with Gasteiger partial charge in [-0.15, -0.1) is 0 Å². The zero-order valence-electron chi connectivity index (χ0n) is 9.10. The lowest BCUT2D eigenvalue weighted by atomic mass is 10.1. The summed E-state index contributed by atoms with van der Waals surface area (Å²) in [6.07, 6.45) is 0. The second kappa shape index (κ2) is 5.33. The summed E-state index contributed by atoms with van der Waals surface area (Å²) in [5, 5.41) is 0. The molecule has 2 rings (SSSR count). The Balaban J connectivity index is 2.13. The third kappa shape index (κ3) is 2.61. The molecular formula is C14H15NO. The van der Waals surface area contributed by atoms with Crippen molar-refractivity contribution in [3.63, 3.8) is 0 Å². The van der Waals surface area contributed by atoms with E-state index >= 15 is 0 Å². The summed E-state index contributed by atoms with van der Waals surface area (Å²) < 4.78 is 5.42. The van der Waals surface area contributed by atoms with Crippen LogP contribution < -0.4 is 10.5 Å². The van der Waals surface area contributed by atoms with E-state index in [-0.39, 0.29) is 0 Å². The second-order valence-corrected chi connectivity index (χ2v) is 3.53. The first kappa shape index (κ1) is 10.7. The van der Waals surface area contributed by atoms with Gasteiger partial charge in [0.2, 0.25) is 0 Å². The van der Waals surface area contributed by atoms with E-state index in [0.29, 0.717) is 13.2 Å². The molecule has 0 saturated heterocycles. The molecule has 0 radical (unpaired) electrons. The summed E-state index contributed by atoms with van der Waals surface area (Å²) in [6.45, 7) is 1.10. The number of hydrogen-bond donors (Lipinski definition) is 1. The Labute approximate surface area is 95.7 Å². The Hall–Kier alpha value is -1.80. The molecule has 0 unspecified atom stereocenters. The third-order valence-electron chi connectivity index (χ3n) is 2.35. The van der Waals surface area contributed by atoms with E-state index in [9.17, 15) is 0 Å². The van der Waals surface area contributed by atoms with Crippen LogP contribution in [0.5, 0.6) is 5.75 Å². The van der Waals surface area contributed by atoms with Crippen molar-refractivity contribution in [1.29, 1.82) is 0 Å². The highest BCUT2D eigenvalue weighted by molar-refractivity contribution is 5.63. The molecule has 2 aromatic rings. The minimum absolute atomic E-state index is 0.542. The summed E-state index contributed by atoms with van der Waals surface area (Å²) in [6, 6.07) is 18.3. The van der Waals surface area contributed by atoms with Crippen LogP contribution in [0.1, 0.15) is 0 Å². The highest BCUT2D eigenvalue weighted by Crippen LogP contribution is 2.21. The van der Waals surface area contributed by atoms with Crippen molar-refractivity contribution >= 4 is 0 Å². The normalized spacial score (nSPS) is 10.1. The SMILES string of the molecule is NCCOc1ccc(-c2ccccc2)cc1. The molecule has 2 heteroatoms. The minimum atomic E-state index is 0.542. The summed E-state index contributed by atoms with van der Waals surface area (Å²) in [4.78, 5) is 0. The van der Waals surface area contributed by atoms with Gasteiger partial charge < -0.3 is 10.5 Å². The van der Waals surface area contributed by atoms with Crippen molar-refractivity contribution in [3.8, 4) is 16.9 Å². The van der Waals surface area contributed by atoms with Crippen molar-refractivity contribution in [2.45, 2.75) is 0 Å². The second-order valence-electron chi connectivity index (χ2n) is 3.53. The van der Waals surface area contributed by atoms with Gasteiger partial charge >= 0.3 is 0 Å². The predicted molar refractivity (Wildman–Crippen MR) is 66.4 cm³/mol. The Morgan fingerprint density at radius 1 is 0.812 bits per heavy atom. The first-order valence-electron chi connectivity index (χ1n) is 5.38. The lowest BCUT2D eigenvalue weighted by Gasteiger charge is -2.05. The molecule has 0 atom stereocenters. The lowest BCUT2D eigenvalue weighted by molar-refractivity contribution is 0.328. The molecule has 0 aliphatic carbocycles. The molecule has 0 aliphatic heterocycles. The van der Waals surface area contributed by atoms with Gasteiger partial charge in [0.25, 0.3) is 0 Å².